The Morgan fingerprint density at radius 1 is 0.532 bits per heavy atom. The molecule has 47 heavy (non-hydrogen) atoms. The average Bonchev–Trinajstić information content (AvgIpc) is 3.10. The second-order valence-corrected chi connectivity index (χ2v) is 12.4. The van der Waals surface area contributed by atoms with Crippen molar-refractivity contribution in [3.8, 4) is 40.2 Å². The van der Waals surface area contributed by atoms with Crippen molar-refractivity contribution >= 4 is 0 Å². The fraction of sp³-hybridized carbons (Fsp3) is 0.385. The maximum atomic E-state index is 6.81. The zero-order valence-corrected chi connectivity index (χ0v) is 28.6. The molecule has 0 aromatic heterocycles. The van der Waals surface area contributed by atoms with Crippen molar-refractivity contribution in [1.82, 2.24) is 9.80 Å². The molecule has 0 N–H and O–H groups in total. The highest BCUT2D eigenvalue weighted by Gasteiger charge is 2.29. The molecule has 2 aliphatic rings. The van der Waals surface area contributed by atoms with Gasteiger partial charge in [-0.05, 0) is 110 Å². The van der Waals surface area contributed by atoms with Crippen molar-refractivity contribution in [2.24, 2.45) is 0 Å². The van der Waals surface area contributed by atoms with E-state index in [0.29, 0.717) is 35.2 Å². The summed E-state index contributed by atoms with van der Waals surface area (Å²) in [6, 6.07) is 23.4. The number of methoxy groups -OCH3 is 5. The van der Waals surface area contributed by atoms with Crippen LogP contribution in [0, 0.1) is 0 Å². The molecular formula is C39H46N2O6. The molecule has 0 amide bonds. The van der Waals surface area contributed by atoms with E-state index in [0.717, 1.165) is 55.0 Å². The molecule has 0 saturated carbocycles. The molecule has 8 nitrogen and oxygen atoms in total. The number of likely N-dealkylation sites (N-methyl/N-ethyl adjacent to an activating group) is 2. The Labute approximate surface area is 278 Å². The molecular weight excluding hydrogens is 592 g/mol. The molecule has 6 rings (SSSR count). The van der Waals surface area contributed by atoms with E-state index in [9.17, 15) is 0 Å². The van der Waals surface area contributed by atoms with E-state index in [2.05, 4.69) is 66.4 Å². The third-order valence-corrected chi connectivity index (χ3v) is 9.81. The summed E-state index contributed by atoms with van der Waals surface area (Å²) in [4.78, 5) is 4.82. The number of rotatable bonds is 11. The van der Waals surface area contributed by atoms with Gasteiger partial charge in [-0.2, -0.15) is 0 Å². The summed E-state index contributed by atoms with van der Waals surface area (Å²) >= 11 is 0. The minimum Gasteiger partial charge on any atom is -0.497 e. The predicted molar refractivity (Wildman–Crippen MR) is 184 cm³/mol. The van der Waals surface area contributed by atoms with Crippen molar-refractivity contribution in [3.05, 3.63) is 100 Å². The van der Waals surface area contributed by atoms with Crippen molar-refractivity contribution in [3.63, 3.8) is 0 Å². The summed E-state index contributed by atoms with van der Waals surface area (Å²) in [5.74, 6) is 5.03. The SMILES string of the molecule is COc1ccc2c(c1)C(Cc1ccc(OC)c(Oc3cc(OC)c(OC)cc3CC3c4cc(OC)ccc4CCN3C)c1)N(C)CC2. The fourth-order valence-electron chi connectivity index (χ4n) is 7.02. The van der Waals surface area contributed by atoms with E-state index in [-0.39, 0.29) is 12.1 Å². The first-order valence-corrected chi connectivity index (χ1v) is 16.2. The van der Waals surface area contributed by atoms with Gasteiger partial charge < -0.3 is 28.4 Å². The van der Waals surface area contributed by atoms with Crippen LogP contribution in [0.3, 0.4) is 0 Å². The molecule has 0 saturated heterocycles. The van der Waals surface area contributed by atoms with Gasteiger partial charge in [-0.25, -0.2) is 0 Å². The molecule has 0 radical (unpaired) electrons. The molecule has 0 bridgehead atoms. The highest BCUT2D eigenvalue weighted by atomic mass is 16.5. The van der Waals surface area contributed by atoms with Crippen molar-refractivity contribution in [2.75, 3.05) is 62.7 Å². The molecule has 2 aliphatic heterocycles. The Kier molecular flexibility index (Phi) is 9.80. The number of benzene rings is 4. The van der Waals surface area contributed by atoms with Gasteiger partial charge in [0.1, 0.15) is 17.2 Å². The first-order valence-electron chi connectivity index (χ1n) is 16.2. The second kappa shape index (κ2) is 14.2. The highest BCUT2D eigenvalue weighted by molar-refractivity contribution is 5.55. The first-order chi connectivity index (χ1) is 22.8. The van der Waals surface area contributed by atoms with Crippen LogP contribution in [0.5, 0.6) is 40.2 Å². The number of hydrogen-bond donors (Lipinski definition) is 0. The lowest BCUT2D eigenvalue weighted by Gasteiger charge is -2.35. The summed E-state index contributed by atoms with van der Waals surface area (Å²) in [5.41, 5.74) is 7.47. The Morgan fingerprint density at radius 2 is 1.09 bits per heavy atom. The molecule has 8 heteroatoms. The molecule has 2 unspecified atom stereocenters. The summed E-state index contributed by atoms with van der Waals surface area (Å²) in [6.07, 6.45) is 3.55. The first kappa shape index (κ1) is 32.5. The van der Waals surface area contributed by atoms with E-state index in [1.165, 1.54) is 22.3 Å². The van der Waals surface area contributed by atoms with Crippen molar-refractivity contribution < 1.29 is 28.4 Å². The van der Waals surface area contributed by atoms with Crippen LogP contribution in [0.15, 0.2) is 66.7 Å². The van der Waals surface area contributed by atoms with Crippen LogP contribution in [0.1, 0.15) is 45.5 Å². The average molecular weight is 639 g/mol. The molecule has 0 fully saturated rings. The van der Waals surface area contributed by atoms with Gasteiger partial charge >= 0.3 is 0 Å². The number of ether oxygens (including phenoxy) is 6. The van der Waals surface area contributed by atoms with E-state index in [1.807, 2.05) is 24.3 Å². The lowest BCUT2D eigenvalue weighted by molar-refractivity contribution is 0.227. The van der Waals surface area contributed by atoms with Crippen LogP contribution in [0.25, 0.3) is 0 Å². The number of hydrogen-bond acceptors (Lipinski definition) is 8. The Hall–Kier alpha value is -4.40. The minimum absolute atomic E-state index is 0.126. The molecule has 4 aromatic rings. The number of fused-ring (bicyclic) bond motifs is 2. The van der Waals surface area contributed by atoms with Crippen LogP contribution < -0.4 is 28.4 Å². The Bertz CT molecular complexity index is 1720. The van der Waals surface area contributed by atoms with Gasteiger partial charge in [-0.3, -0.25) is 9.80 Å². The van der Waals surface area contributed by atoms with E-state index < -0.39 is 0 Å². The van der Waals surface area contributed by atoms with Gasteiger partial charge in [-0.1, -0.05) is 18.2 Å². The smallest absolute Gasteiger partial charge is 0.169 e. The normalized spacial score (nSPS) is 17.8. The van der Waals surface area contributed by atoms with Gasteiger partial charge in [-0.15, -0.1) is 0 Å². The fourth-order valence-corrected chi connectivity index (χ4v) is 7.02. The zero-order valence-electron chi connectivity index (χ0n) is 28.6. The lowest BCUT2D eigenvalue weighted by atomic mass is 9.88. The zero-order chi connectivity index (χ0) is 33.1. The van der Waals surface area contributed by atoms with Crippen LogP contribution >= 0.6 is 0 Å². The topological polar surface area (TPSA) is 61.9 Å². The highest BCUT2D eigenvalue weighted by Crippen LogP contribution is 2.44. The van der Waals surface area contributed by atoms with Gasteiger partial charge in [0.25, 0.3) is 0 Å². The molecule has 0 aliphatic carbocycles. The Balaban J connectivity index is 1.36. The van der Waals surface area contributed by atoms with Gasteiger partial charge in [0.15, 0.2) is 23.0 Å². The third-order valence-electron chi connectivity index (χ3n) is 9.81. The lowest BCUT2D eigenvalue weighted by Crippen LogP contribution is -2.33. The number of nitrogens with zero attached hydrogens (tertiary/aromatic N) is 2. The van der Waals surface area contributed by atoms with Crippen molar-refractivity contribution in [1.29, 1.82) is 0 Å². The quantitative estimate of drug-likeness (QED) is 0.173. The summed E-state index contributed by atoms with van der Waals surface area (Å²) in [6.45, 7) is 1.97. The van der Waals surface area contributed by atoms with Gasteiger partial charge in [0, 0.05) is 36.8 Å². The summed E-state index contributed by atoms with van der Waals surface area (Å²) in [7, 11) is 12.8. The third kappa shape index (κ3) is 6.71. The molecule has 2 heterocycles. The van der Waals surface area contributed by atoms with Crippen LogP contribution in [0.4, 0.5) is 0 Å². The summed E-state index contributed by atoms with van der Waals surface area (Å²) < 4.78 is 35.3. The molecule has 248 valence electrons. The second-order valence-electron chi connectivity index (χ2n) is 12.4. The van der Waals surface area contributed by atoms with Gasteiger partial charge in [0.2, 0.25) is 0 Å². The van der Waals surface area contributed by atoms with Gasteiger partial charge in [0.05, 0.1) is 35.5 Å². The molecule has 4 aromatic carbocycles. The molecule has 2 atom stereocenters. The molecule has 0 spiro atoms. The minimum atomic E-state index is 0.126. The largest absolute Gasteiger partial charge is 0.497 e. The maximum absolute atomic E-state index is 6.81. The van der Waals surface area contributed by atoms with Crippen LogP contribution in [0.2, 0.25) is 0 Å². The standard InChI is InChI=1S/C39H46N2O6/c1-40-16-14-26-9-11-29(42-3)22-31(26)33(40)18-25-8-13-35(44-5)39(19-25)47-36-24-38(46-7)37(45-6)21-28(36)20-34-32-23-30(43-4)12-10-27(32)15-17-41(34)2/h8-13,19,21-24,33-34H,14-18,20H2,1-7H3. The van der Waals surface area contributed by atoms with E-state index in [4.69, 9.17) is 28.4 Å². The van der Waals surface area contributed by atoms with Crippen LogP contribution in [-0.2, 0) is 25.7 Å². The summed E-state index contributed by atoms with van der Waals surface area (Å²) in [5, 5.41) is 0. The Morgan fingerprint density at radius 3 is 1.64 bits per heavy atom. The van der Waals surface area contributed by atoms with Crippen LogP contribution in [-0.4, -0.2) is 72.5 Å². The van der Waals surface area contributed by atoms with E-state index >= 15 is 0 Å². The van der Waals surface area contributed by atoms with E-state index in [1.54, 1.807) is 35.5 Å². The predicted octanol–water partition coefficient (Wildman–Crippen LogP) is 7.07. The van der Waals surface area contributed by atoms with Crippen molar-refractivity contribution in [2.45, 2.75) is 37.8 Å². The monoisotopic (exact) mass is 638 g/mol. The maximum Gasteiger partial charge on any atom is 0.169 e.